The van der Waals surface area contributed by atoms with Gasteiger partial charge in [0.15, 0.2) is 11.3 Å². The molecule has 0 spiro atoms. The molecule has 3 heterocycles. The van der Waals surface area contributed by atoms with E-state index in [-0.39, 0.29) is 42.4 Å². The van der Waals surface area contributed by atoms with E-state index in [1.54, 1.807) is 4.90 Å². The van der Waals surface area contributed by atoms with E-state index >= 15 is 0 Å². The van der Waals surface area contributed by atoms with Crippen LogP contribution in [0.5, 0.6) is 0 Å². The minimum Gasteiger partial charge on any atom is -0.349 e. The number of hydrogen-bond donors (Lipinski definition) is 1. The smallest absolute Gasteiger partial charge is 0.265 e. The monoisotopic (exact) mass is 488 g/mol. The van der Waals surface area contributed by atoms with Gasteiger partial charge in [-0.25, -0.2) is 4.98 Å². The first-order valence-electron chi connectivity index (χ1n) is 9.90. The van der Waals surface area contributed by atoms with Gasteiger partial charge in [-0.3, -0.25) is 9.20 Å². The molecule has 0 saturated carbocycles. The van der Waals surface area contributed by atoms with E-state index in [9.17, 15) is 4.79 Å². The van der Waals surface area contributed by atoms with Crippen LogP contribution in [0.4, 0.5) is 0 Å². The number of nitrogens with zero attached hydrogens (tertiary/aromatic N) is 3. The first-order valence-corrected chi connectivity index (χ1v) is 10.7. The number of carbonyl (C=O) groups excluding carboxylic acids is 1. The number of fused-ring (bicyclic) bond motifs is 3. The summed E-state index contributed by atoms with van der Waals surface area (Å²) in [5.41, 5.74) is 3.17. The lowest BCUT2D eigenvalue weighted by molar-refractivity contribution is -0.0392. The Labute approximate surface area is 198 Å². The lowest BCUT2D eigenvalue weighted by Gasteiger charge is -2.26. The average molecular weight is 489 g/mol. The third-order valence-electron chi connectivity index (χ3n) is 4.77. The van der Waals surface area contributed by atoms with Crippen molar-refractivity contribution in [2.75, 3.05) is 33.4 Å². The molecular formula is C21H30Cl2N4O3S. The van der Waals surface area contributed by atoms with Gasteiger partial charge in [-0.15, -0.1) is 24.8 Å². The third kappa shape index (κ3) is 6.09. The maximum Gasteiger partial charge on any atom is 0.265 e. The average Bonchev–Trinajstić information content (AvgIpc) is 3.35. The van der Waals surface area contributed by atoms with E-state index in [0.717, 1.165) is 28.1 Å². The first kappa shape index (κ1) is 25.8. The summed E-state index contributed by atoms with van der Waals surface area (Å²) in [6, 6.07) is 6.24. The van der Waals surface area contributed by atoms with Crippen molar-refractivity contribution >= 4 is 58.1 Å². The summed E-state index contributed by atoms with van der Waals surface area (Å²) in [6.07, 6.45) is 1.76. The Bertz CT molecular complexity index is 1020. The Morgan fingerprint density at radius 2 is 2.00 bits per heavy atom. The Hall–Kier alpha value is -1.42. The van der Waals surface area contributed by atoms with Gasteiger partial charge < -0.3 is 19.7 Å². The van der Waals surface area contributed by atoms with Crippen molar-refractivity contribution in [3.63, 3.8) is 0 Å². The van der Waals surface area contributed by atoms with Crippen molar-refractivity contribution in [3.8, 4) is 0 Å². The van der Waals surface area contributed by atoms with Crippen LogP contribution >= 0.6 is 36.2 Å². The lowest BCUT2D eigenvalue weighted by atomic mass is 9.96. The number of halogens is 2. The van der Waals surface area contributed by atoms with Crippen molar-refractivity contribution in [2.45, 2.75) is 33.6 Å². The highest BCUT2D eigenvalue weighted by atomic mass is 35.5. The highest BCUT2D eigenvalue weighted by molar-refractivity contribution is 7.18. The number of amides is 1. The van der Waals surface area contributed by atoms with E-state index in [1.165, 1.54) is 11.3 Å². The van der Waals surface area contributed by atoms with Gasteiger partial charge in [0.05, 0.1) is 24.2 Å². The molecule has 1 N–H and O–H groups in total. The van der Waals surface area contributed by atoms with E-state index in [4.69, 9.17) is 14.5 Å². The van der Waals surface area contributed by atoms with Crippen LogP contribution in [0.3, 0.4) is 0 Å². The second-order valence-electron chi connectivity index (χ2n) is 8.71. The molecule has 0 radical (unpaired) electrons. The normalized spacial score (nSPS) is 14.6. The maximum absolute atomic E-state index is 12.8. The number of rotatable bonds is 6. The van der Waals surface area contributed by atoms with Crippen LogP contribution in [0, 0.1) is 5.41 Å². The molecule has 1 amide bonds. The number of benzene rings is 1. The number of thiazole rings is 1. The molecule has 3 aromatic rings. The molecule has 1 aromatic carbocycles. The van der Waals surface area contributed by atoms with Crippen LogP contribution in [-0.4, -0.2) is 59.8 Å². The summed E-state index contributed by atoms with van der Waals surface area (Å²) < 4.78 is 12.9. The number of carbonyl (C=O) groups is 1. The molecule has 10 heteroatoms. The molecule has 0 unspecified atom stereocenters. The fraction of sp³-hybridized carbons (Fsp3) is 0.524. The van der Waals surface area contributed by atoms with Gasteiger partial charge in [0, 0.05) is 32.9 Å². The quantitative estimate of drug-likeness (QED) is 0.568. The van der Waals surface area contributed by atoms with E-state index in [1.807, 2.05) is 17.6 Å². The first-order chi connectivity index (χ1) is 13.8. The minimum atomic E-state index is -0.149. The van der Waals surface area contributed by atoms with E-state index in [2.05, 4.69) is 44.3 Å². The van der Waals surface area contributed by atoms with Crippen molar-refractivity contribution in [1.29, 1.82) is 0 Å². The molecule has 0 atom stereocenters. The molecule has 1 saturated heterocycles. The van der Waals surface area contributed by atoms with Gasteiger partial charge >= 0.3 is 0 Å². The Balaban J connectivity index is 0.00000171. The molecule has 0 aliphatic carbocycles. The van der Waals surface area contributed by atoms with Gasteiger partial charge in [0.1, 0.15) is 4.88 Å². The largest absolute Gasteiger partial charge is 0.349 e. The molecule has 1 aliphatic rings. The minimum absolute atomic E-state index is 0. The molecule has 7 nitrogen and oxygen atoms in total. The summed E-state index contributed by atoms with van der Waals surface area (Å²) in [6.45, 7) is 9.83. The number of aromatic nitrogens is 2. The van der Waals surface area contributed by atoms with Gasteiger partial charge in [0.25, 0.3) is 5.91 Å². The predicted octanol–water partition coefficient (Wildman–Crippen LogP) is 3.97. The van der Waals surface area contributed by atoms with Gasteiger partial charge in [0.2, 0.25) is 0 Å². The van der Waals surface area contributed by atoms with Crippen LogP contribution in [0.25, 0.3) is 16.0 Å². The lowest BCUT2D eigenvalue weighted by Crippen LogP contribution is -2.34. The zero-order valence-electron chi connectivity index (χ0n) is 18.2. The number of hydrogen-bond acceptors (Lipinski definition) is 6. The van der Waals surface area contributed by atoms with Crippen LogP contribution in [-0.2, 0) is 16.0 Å². The molecule has 172 valence electrons. The Kier molecular flexibility index (Phi) is 8.72. The third-order valence-corrected chi connectivity index (χ3v) is 5.74. The maximum atomic E-state index is 12.8. The van der Waals surface area contributed by atoms with Crippen LogP contribution in [0.1, 0.15) is 36.0 Å². The van der Waals surface area contributed by atoms with Gasteiger partial charge in [-0.1, -0.05) is 38.2 Å². The number of imidazole rings is 1. The zero-order valence-corrected chi connectivity index (χ0v) is 20.7. The second-order valence-corrected chi connectivity index (χ2v) is 9.72. The van der Waals surface area contributed by atoms with Gasteiger partial charge in [-0.2, -0.15) is 0 Å². The molecule has 4 rings (SSSR count). The fourth-order valence-corrected chi connectivity index (χ4v) is 4.59. The fourth-order valence-electron chi connectivity index (χ4n) is 3.60. The molecule has 1 aliphatic heterocycles. The Morgan fingerprint density at radius 3 is 2.68 bits per heavy atom. The summed E-state index contributed by atoms with van der Waals surface area (Å²) in [5, 5.41) is 3.36. The van der Waals surface area contributed by atoms with Crippen LogP contribution < -0.4 is 5.32 Å². The topological polar surface area (TPSA) is 68.1 Å². The SMILES string of the molecule is CN(CC(C)(C)C)C(=O)c1cn2c(nc3cc(CNCC4OCCO4)ccc32)s1.Cl.Cl. The summed E-state index contributed by atoms with van der Waals surface area (Å²) >= 11 is 1.44. The molecule has 2 aromatic heterocycles. The van der Waals surface area contributed by atoms with Crippen molar-refractivity contribution in [3.05, 3.63) is 34.8 Å². The molecule has 0 bridgehead atoms. The summed E-state index contributed by atoms with van der Waals surface area (Å²) in [4.78, 5) is 20.8. The standard InChI is InChI=1S/C21H28N4O3S.2ClH/c1-21(2,3)13-24(4)19(26)17-12-25-16-6-5-14(9-15(16)23-20(25)29-17)10-22-11-18-27-7-8-28-18;;/h5-6,9,12,18,22H,7-8,10-11,13H2,1-4H3;2*1H. The molecule has 31 heavy (non-hydrogen) atoms. The van der Waals surface area contributed by atoms with Crippen LogP contribution in [0.15, 0.2) is 24.4 Å². The van der Waals surface area contributed by atoms with Crippen molar-refractivity contribution in [1.82, 2.24) is 19.6 Å². The van der Waals surface area contributed by atoms with E-state index in [0.29, 0.717) is 31.2 Å². The number of ether oxygens (including phenoxy) is 2. The Morgan fingerprint density at radius 1 is 1.29 bits per heavy atom. The molecular weight excluding hydrogens is 459 g/mol. The predicted molar refractivity (Wildman–Crippen MR) is 129 cm³/mol. The summed E-state index contributed by atoms with van der Waals surface area (Å²) in [5.74, 6) is 0.0424. The highest BCUT2D eigenvalue weighted by Crippen LogP contribution is 2.26. The zero-order chi connectivity index (χ0) is 20.6. The van der Waals surface area contributed by atoms with E-state index < -0.39 is 0 Å². The van der Waals surface area contributed by atoms with Crippen molar-refractivity contribution in [2.24, 2.45) is 5.41 Å². The molecule has 1 fully saturated rings. The van der Waals surface area contributed by atoms with Crippen LogP contribution in [0.2, 0.25) is 0 Å². The van der Waals surface area contributed by atoms with Gasteiger partial charge in [-0.05, 0) is 23.1 Å². The second kappa shape index (κ2) is 10.5. The summed E-state index contributed by atoms with van der Waals surface area (Å²) in [7, 11) is 1.86. The highest BCUT2D eigenvalue weighted by Gasteiger charge is 2.22. The number of nitrogens with one attached hydrogen (secondary N) is 1. The van der Waals surface area contributed by atoms with Crippen molar-refractivity contribution < 1.29 is 14.3 Å².